The summed E-state index contributed by atoms with van der Waals surface area (Å²) in [6, 6.07) is 8.53. The van der Waals surface area contributed by atoms with E-state index < -0.39 is 0 Å². The molecule has 0 aliphatic carbocycles. The second-order valence-corrected chi connectivity index (χ2v) is 8.17. The minimum Gasteiger partial charge on any atom is -0.356 e. The summed E-state index contributed by atoms with van der Waals surface area (Å²) in [4.78, 5) is 14.3. The first-order valence-electron chi connectivity index (χ1n) is 10.6. The zero-order valence-electron chi connectivity index (χ0n) is 17.9. The summed E-state index contributed by atoms with van der Waals surface area (Å²) in [5.41, 5.74) is 4.36. The van der Waals surface area contributed by atoms with Crippen molar-refractivity contribution in [3.8, 4) is 11.3 Å². The highest BCUT2D eigenvalue weighted by atomic mass is 15.2. The molecule has 0 unspecified atom stereocenters. The number of aryl methyl sites for hydroxylation is 1. The van der Waals surface area contributed by atoms with Gasteiger partial charge in [-0.3, -0.25) is 0 Å². The van der Waals surface area contributed by atoms with Crippen LogP contribution in [0.2, 0.25) is 0 Å². The van der Waals surface area contributed by atoms with Crippen LogP contribution < -0.4 is 9.80 Å². The molecule has 2 aromatic rings. The van der Waals surface area contributed by atoms with Crippen LogP contribution in [0.4, 0.5) is 11.6 Å². The van der Waals surface area contributed by atoms with Crippen molar-refractivity contribution < 1.29 is 0 Å². The van der Waals surface area contributed by atoms with Crippen molar-refractivity contribution >= 4 is 11.6 Å². The average Bonchev–Trinajstić information content (AvgIpc) is 3.12. The Hall–Kier alpha value is -2.36. The average molecular weight is 379 g/mol. The highest BCUT2D eigenvalue weighted by molar-refractivity contribution is 5.67. The molecular weight excluding hydrogens is 344 g/mol. The van der Waals surface area contributed by atoms with Gasteiger partial charge in [-0.05, 0) is 56.4 Å². The van der Waals surface area contributed by atoms with Crippen LogP contribution >= 0.6 is 0 Å². The third-order valence-corrected chi connectivity index (χ3v) is 5.56. The Balaban J connectivity index is 1.89. The van der Waals surface area contributed by atoms with E-state index >= 15 is 0 Å². The quantitative estimate of drug-likeness (QED) is 0.541. The number of pyridine rings is 2. The SMILES string of the molecule is C=C(C)N(CCCCC)c1nc(-c2ccnc(N3CC[C@@H](C)C3)c2)ccc1C. The second kappa shape index (κ2) is 9.22. The number of anilines is 2. The Labute approximate surface area is 170 Å². The Bertz CT molecular complexity index is 814. The molecule has 4 heteroatoms. The molecule has 0 N–H and O–H groups in total. The van der Waals surface area contributed by atoms with E-state index in [0.29, 0.717) is 0 Å². The summed E-state index contributed by atoms with van der Waals surface area (Å²) in [7, 11) is 0. The van der Waals surface area contributed by atoms with Gasteiger partial charge in [0.05, 0.1) is 5.69 Å². The number of hydrogen-bond donors (Lipinski definition) is 0. The van der Waals surface area contributed by atoms with Gasteiger partial charge in [0.2, 0.25) is 0 Å². The second-order valence-electron chi connectivity index (χ2n) is 8.17. The first-order chi connectivity index (χ1) is 13.5. The summed E-state index contributed by atoms with van der Waals surface area (Å²) in [6.07, 6.45) is 6.74. The van der Waals surface area contributed by atoms with E-state index in [4.69, 9.17) is 4.98 Å². The van der Waals surface area contributed by atoms with Crippen LogP contribution in [0.3, 0.4) is 0 Å². The monoisotopic (exact) mass is 378 g/mol. The van der Waals surface area contributed by atoms with Crippen LogP contribution in [0.25, 0.3) is 11.3 Å². The largest absolute Gasteiger partial charge is 0.356 e. The molecule has 150 valence electrons. The number of aromatic nitrogens is 2. The van der Waals surface area contributed by atoms with E-state index in [2.05, 4.69) is 73.3 Å². The fourth-order valence-corrected chi connectivity index (χ4v) is 3.84. The molecule has 2 aromatic heterocycles. The molecule has 1 aliphatic rings. The Morgan fingerprint density at radius 2 is 2.11 bits per heavy atom. The predicted octanol–water partition coefficient (Wildman–Crippen LogP) is 5.83. The third kappa shape index (κ3) is 4.73. The molecule has 1 atom stereocenters. The highest BCUT2D eigenvalue weighted by Crippen LogP contribution is 2.29. The third-order valence-electron chi connectivity index (χ3n) is 5.56. The molecule has 4 nitrogen and oxygen atoms in total. The summed E-state index contributed by atoms with van der Waals surface area (Å²) in [6.45, 7) is 16.1. The lowest BCUT2D eigenvalue weighted by atomic mass is 10.1. The van der Waals surface area contributed by atoms with E-state index in [9.17, 15) is 0 Å². The van der Waals surface area contributed by atoms with Gasteiger partial charge in [-0.15, -0.1) is 0 Å². The molecule has 0 amide bonds. The van der Waals surface area contributed by atoms with Crippen molar-refractivity contribution in [3.05, 3.63) is 48.3 Å². The van der Waals surface area contributed by atoms with Crippen molar-refractivity contribution in [2.24, 2.45) is 5.92 Å². The number of rotatable bonds is 8. The van der Waals surface area contributed by atoms with Crippen LogP contribution in [0.15, 0.2) is 42.7 Å². The van der Waals surface area contributed by atoms with Gasteiger partial charge in [0.1, 0.15) is 11.6 Å². The first-order valence-corrected chi connectivity index (χ1v) is 10.6. The summed E-state index contributed by atoms with van der Waals surface area (Å²) >= 11 is 0. The normalized spacial score (nSPS) is 16.4. The molecule has 0 spiro atoms. The fraction of sp³-hybridized carbons (Fsp3) is 0.500. The summed E-state index contributed by atoms with van der Waals surface area (Å²) in [5.74, 6) is 2.82. The molecule has 0 aromatic carbocycles. The molecule has 1 saturated heterocycles. The Kier molecular flexibility index (Phi) is 6.71. The summed E-state index contributed by atoms with van der Waals surface area (Å²) < 4.78 is 0. The van der Waals surface area contributed by atoms with Crippen LogP contribution in [-0.2, 0) is 0 Å². The predicted molar refractivity (Wildman–Crippen MR) is 120 cm³/mol. The number of unbranched alkanes of at least 4 members (excludes halogenated alkanes) is 2. The van der Waals surface area contributed by atoms with Gasteiger partial charge >= 0.3 is 0 Å². The lowest BCUT2D eigenvalue weighted by molar-refractivity contribution is 0.659. The number of hydrogen-bond acceptors (Lipinski definition) is 4. The van der Waals surface area contributed by atoms with E-state index in [1.54, 1.807) is 0 Å². The van der Waals surface area contributed by atoms with Gasteiger partial charge in [-0.2, -0.15) is 0 Å². The lowest BCUT2D eigenvalue weighted by Gasteiger charge is -2.26. The number of allylic oxidation sites excluding steroid dienone is 1. The smallest absolute Gasteiger partial charge is 0.136 e. The van der Waals surface area contributed by atoms with Crippen molar-refractivity contribution in [1.82, 2.24) is 9.97 Å². The Morgan fingerprint density at radius 1 is 1.29 bits per heavy atom. The van der Waals surface area contributed by atoms with Crippen molar-refractivity contribution in [3.63, 3.8) is 0 Å². The maximum atomic E-state index is 5.04. The van der Waals surface area contributed by atoms with Gasteiger partial charge in [0.25, 0.3) is 0 Å². The van der Waals surface area contributed by atoms with Gasteiger partial charge in [0.15, 0.2) is 0 Å². The molecule has 1 fully saturated rings. The summed E-state index contributed by atoms with van der Waals surface area (Å²) in [5, 5.41) is 0. The van der Waals surface area contributed by atoms with Crippen LogP contribution in [0, 0.1) is 12.8 Å². The first kappa shape index (κ1) is 20.4. The maximum Gasteiger partial charge on any atom is 0.136 e. The van der Waals surface area contributed by atoms with E-state index in [-0.39, 0.29) is 0 Å². The van der Waals surface area contributed by atoms with Crippen LogP contribution in [-0.4, -0.2) is 29.6 Å². The minimum atomic E-state index is 0.738. The lowest BCUT2D eigenvalue weighted by Crippen LogP contribution is -2.24. The molecule has 28 heavy (non-hydrogen) atoms. The maximum absolute atomic E-state index is 5.04. The van der Waals surface area contributed by atoms with Crippen LogP contribution in [0.5, 0.6) is 0 Å². The highest BCUT2D eigenvalue weighted by Gasteiger charge is 2.20. The van der Waals surface area contributed by atoms with Gasteiger partial charge in [-0.25, -0.2) is 9.97 Å². The van der Waals surface area contributed by atoms with Crippen LogP contribution in [0.1, 0.15) is 52.0 Å². The fourth-order valence-electron chi connectivity index (χ4n) is 3.84. The molecule has 1 aliphatic heterocycles. The standard InChI is InChI=1S/C24H34N4/c1-6-7-8-14-28(18(2)3)24-20(5)9-10-22(26-24)21-11-13-25-23(16-21)27-15-12-19(4)17-27/h9-11,13,16,19H,2,6-8,12,14-15,17H2,1,3-5H3/t19-/m1/s1. The number of nitrogens with zero attached hydrogens (tertiary/aromatic N) is 4. The van der Waals surface area contributed by atoms with E-state index in [0.717, 1.165) is 60.6 Å². The van der Waals surface area contributed by atoms with Crippen molar-refractivity contribution in [2.45, 2.75) is 53.4 Å². The minimum absolute atomic E-state index is 0.738. The molecule has 0 bridgehead atoms. The topological polar surface area (TPSA) is 32.3 Å². The molecular formula is C24H34N4. The zero-order chi connectivity index (χ0) is 20.1. The molecule has 0 radical (unpaired) electrons. The molecule has 3 heterocycles. The van der Waals surface area contributed by atoms with E-state index in [1.807, 2.05) is 6.20 Å². The zero-order valence-corrected chi connectivity index (χ0v) is 17.9. The van der Waals surface area contributed by atoms with Crippen molar-refractivity contribution in [1.29, 1.82) is 0 Å². The Morgan fingerprint density at radius 3 is 2.79 bits per heavy atom. The van der Waals surface area contributed by atoms with Crippen molar-refractivity contribution in [2.75, 3.05) is 29.4 Å². The van der Waals surface area contributed by atoms with Gasteiger partial charge in [-0.1, -0.05) is 39.3 Å². The molecule has 3 rings (SSSR count). The van der Waals surface area contributed by atoms with Gasteiger partial charge < -0.3 is 9.80 Å². The van der Waals surface area contributed by atoms with Gasteiger partial charge in [0, 0.05) is 37.1 Å². The van der Waals surface area contributed by atoms with E-state index in [1.165, 1.54) is 24.8 Å². The molecule has 0 saturated carbocycles.